The largest absolute Gasteiger partial charge is 0.497 e. The summed E-state index contributed by atoms with van der Waals surface area (Å²) in [6, 6.07) is 5.21. The van der Waals surface area contributed by atoms with Gasteiger partial charge in [-0.15, -0.1) is 0 Å². The molecule has 0 fully saturated rings. The molecule has 0 unspecified atom stereocenters. The molecular weight excluding hydrogens is 254 g/mol. The average molecular weight is 273 g/mol. The van der Waals surface area contributed by atoms with E-state index < -0.39 is 10.0 Å². The zero-order chi connectivity index (χ0) is 13.8. The number of sulfonamides is 1. The van der Waals surface area contributed by atoms with Gasteiger partial charge in [0.15, 0.2) is 0 Å². The second-order valence-electron chi connectivity index (χ2n) is 3.98. The highest BCUT2D eigenvalue weighted by molar-refractivity contribution is 7.89. The van der Waals surface area contributed by atoms with Gasteiger partial charge >= 0.3 is 0 Å². The van der Waals surface area contributed by atoms with Gasteiger partial charge in [0.05, 0.1) is 24.2 Å². The summed E-state index contributed by atoms with van der Waals surface area (Å²) in [6.45, 7) is 0.303. The van der Waals surface area contributed by atoms with Crippen LogP contribution >= 0.6 is 0 Å². The zero-order valence-electron chi connectivity index (χ0n) is 10.8. The van der Waals surface area contributed by atoms with Gasteiger partial charge in [-0.3, -0.25) is 0 Å². The fourth-order valence-electron chi connectivity index (χ4n) is 1.33. The number of benzene rings is 1. The van der Waals surface area contributed by atoms with Crippen molar-refractivity contribution in [3.8, 4) is 5.75 Å². The summed E-state index contributed by atoms with van der Waals surface area (Å²) in [7, 11) is 1.39. The fourth-order valence-corrected chi connectivity index (χ4v) is 2.05. The Hall–Kier alpha value is -1.47. The third kappa shape index (κ3) is 3.78. The standard InChI is InChI=1S/C11H19N3O3S/c1-14(2)18(15,16)7-6-13-11-5-4-9(17-3)8-10(11)12/h4-5,8,13H,6-7,12H2,1-3H3. The molecule has 1 aromatic rings. The summed E-state index contributed by atoms with van der Waals surface area (Å²) >= 11 is 0. The van der Waals surface area contributed by atoms with Gasteiger partial charge in [0.2, 0.25) is 10.0 Å². The van der Waals surface area contributed by atoms with Gasteiger partial charge in [0.25, 0.3) is 0 Å². The molecule has 1 rings (SSSR count). The van der Waals surface area contributed by atoms with E-state index >= 15 is 0 Å². The Balaban J connectivity index is 2.60. The lowest BCUT2D eigenvalue weighted by molar-refractivity contribution is 0.415. The number of nitrogens with two attached hydrogens (primary N) is 1. The van der Waals surface area contributed by atoms with Crippen LogP contribution in [0.15, 0.2) is 18.2 Å². The highest BCUT2D eigenvalue weighted by Crippen LogP contribution is 2.23. The molecule has 102 valence electrons. The van der Waals surface area contributed by atoms with Crippen molar-refractivity contribution in [2.45, 2.75) is 0 Å². The maximum Gasteiger partial charge on any atom is 0.215 e. The molecule has 0 atom stereocenters. The first-order chi connectivity index (χ1) is 8.36. The van der Waals surface area contributed by atoms with Crippen molar-refractivity contribution in [3.05, 3.63) is 18.2 Å². The number of nitrogens with zero attached hydrogens (tertiary/aromatic N) is 1. The molecule has 0 amide bonds. The summed E-state index contributed by atoms with van der Waals surface area (Å²) in [5.41, 5.74) is 7.03. The lowest BCUT2D eigenvalue weighted by Gasteiger charge is -2.13. The van der Waals surface area contributed by atoms with Gasteiger partial charge in [-0.05, 0) is 12.1 Å². The van der Waals surface area contributed by atoms with E-state index in [1.54, 1.807) is 25.3 Å². The highest BCUT2D eigenvalue weighted by atomic mass is 32.2. The van der Waals surface area contributed by atoms with E-state index in [0.717, 1.165) is 0 Å². The van der Waals surface area contributed by atoms with E-state index in [2.05, 4.69) is 5.32 Å². The number of rotatable bonds is 6. The number of hydrogen-bond donors (Lipinski definition) is 2. The third-order valence-electron chi connectivity index (χ3n) is 2.49. The van der Waals surface area contributed by atoms with E-state index in [1.807, 2.05) is 0 Å². The smallest absolute Gasteiger partial charge is 0.215 e. The minimum absolute atomic E-state index is 0.0193. The SMILES string of the molecule is COc1ccc(NCCS(=O)(=O)N(C)C)c(N)c1. The van der Waals surface area contributed by atoms with E-state index in [1.165, 1.54) is 18.4 Å². The first-order valence-corrected chi connectivity index (χ1v) is 7.05. The van der Waals surface area contributed by atoms with Gasteiger partial charge in [-0.1, -0.05) is 0 Å². The van der Waals surface area contributed by atoms with Gasteiger partial charge in [-0.25, -0.2) is 12.7 Å². The Morgan fingerprint density at radius 2 is 2.06 bits per heavy atom. The van der Waals surface area contributed by atoms with Crippen LogP contribution in [0.2, 0.25) is 0 Å². The van der Waals surface area contributed by atoms with Crippen molar-refractivity contribution in [1.29, 1.82) is 0 Å². The van der Waals surface area contributed by atoms with Crippen LogP contribution in [0.4, 0.5) is 11.4 Å². The molecule has 18 heavy (non-hydrogen) atoms. The lowest BCUT2D eigenvalue weighted by Crippen LogP contribution is -2.28. The number of hydrogen-bond acceptors (Lipinski definition) is 5. The Morgan fingerprint density at radius 3 is 2.56 bits per heavy atom. The summed E-state index contributed by atoms with van der Waals surface area (Å²) < 4.78 is 29.3. The molecule has 0 saturated heterocycles. The number of anilines is 2. The maximum absolute atomic E-state index is 11.5. The van der Waals surface area contributed by atoms with Crippen LogP contribution in [0.25, 0.3) is 0 Å². The number of nitrogens with one attached hydrogen (secondary N) is 1. The van der Waals surface area contributed by atoms with Crippen LogP contribution in [0.1, 0.15) is 0 Å². The monoisotopic (exact) mass is 273 g/mol. The topological polar surface area (TPSA) is 84.7 Å². The normalized spacial score (nSPS) is 11.6. The first-order valence-electron chi connectivity index (χ1n) is 5.44. The van der Waals surface area contributed by atoms with Crippen LogP contribution in [0, 0.1) is 0 Å². The zero-order valence-corrected chi connectivity index (χ0v) is 11.6. The fraction of sp³-hybridized carbons (Fsp3) is 0.455. The van der Waals surface area contributed by atoms with Crippen molar-refractivity contribution in [2.75, 3.05) is 44.6 Å². The van der Waals surface area contributed by atoms with Gasteiger partial charge in [0, 0.05) is 26.7 Å². The predicted molar refractivity (Wildman–Crippen MR) is 73.4 cm³/mol. The summed E-state index contributed by atoms with van der Waals surface area (Å²) in [5.74, 6) is 0.685. The highest BCUT2D eigenvalue weighted by Gasteiger charge is 2.12. The van der Waals surface area contributed by atoms with Crippen molar-refractivity contribution in [3.63, 3.8) is 0 Å². The Labute approximate surface area is 108 Å². The molecule has 0 spiro atoms. The van der Waals surface area contributed by atoms with Crippen LogP contribution < -0.4 is 15.8 Å². The molecule has 0 heterocycles. The Morgan fingerprint density at radius 1 is 1.39 bits per heavy atom. The third-order valence-corrected chi connectivity index (χ3v) is 4.32. The van der Waals surface area contributed by atoms with E-state index in [4.69, 9.17) is 10.5 Å². The second kappa shape index (κ2) is 5.92. The molecule has 0 aliphatic carbocycles. The molecule has 3 N–H and O–H groups in total. The van der Waals surface area contributed by atoms with Crippen molar-refractivity contribution >= 4 is 21.4 Å². The second-order valence-corrected chi connectivity index (χ2v) is 6.28. The van der Waals surface area contributed by atoms with Crippen molar-refractivity contribution < 1.29 is 13.2 Å². The maximum atomic E-state index is 11.5. The number of methoxy groups -OCH3 is 1. The molecule has 0 bridgehead atoms. The van der Waals surface area contributed by atoms with Crippen molar-refractivity contribution in [2.24, 2.45) is 0 Å². The predicted octanol–water partition coefficient (Wildman–Crippen LogP) is 0.581. The minimum atomic E-state index is -3.19. The van der Waals surface area contributed by atoms with E-state index in [9.17, 15) is 8.42 Å². The van der Waals surface area contributed by atoms with Gasteiger partial charge in [0.1, 0.15) is 5.75 Å². The number of ether oxygens (including phenoxy) is 1. The molecular formula is C11H19N3O3S. The summed E-state index contributed by atoms with van der Waals surface area (Å²) in [4.78, 5) is 0. The average Bonchev–Trinajstić information content (AvgIpc) is 2.30. The van der Waals surface area contributed by atoms with E-state index in [0.29, 0.717) is 23.7 Å². The molecule has 7 heteroatoms. The molecule has 1 aromatic carbocycles. The van der Waals surface area contributed by atoms with Crippen molar-refractivity contribution in [1.82, 2.24) is 4.31 Å². The first kappa shape index (κ1) is 14.6. The Kier molecular flexibility index (Phi) is 4.80. The molecule has 0 aliphatic rings. The molecule has 0 aromatic heterocycles. The quantitative estimate of drug-likeness (QED) is 0.741. The van der Waals surface area contributed by atoms with Crippen LogP contribution in [0.3, 0.4) is 0 Å². The number of nitrogen functional groups attached to an aromatic ring is 1. The summed E-state index contributed by atoms with van der Waals surface area (Å²) in [5, 5.41) is 2.99. The van der Waals surface area contributed by atoms with Gasteiger partial charge in [-0.2, -0.15) is 0 Å². The van der Waals surface area contributed by atoms with Gasteiger partial charge < -0.3 is 15.8 Å². The van der Waals surface area contributed by atoms with Crippen LogP contribution in [0.5, 0.6) is 5.75 Å². The molecule has 0 aliphatic heterocycles. The summed E-state index contributed by atoms with van der Waals surface area (Å²) in [6.07, 6.45) is 0. The van der Waals surface area contributed by atoms with Crippen LogP contribution in [-0.4, -0.2) is 46.2 Å². The lowest BCUT2D eigenvalue weighted by atomic mass is 10.2. The molecule has 0 radical (unpaired) electrons. The minimum Gasteiger partial charge on any atom is -0.497 e. The molecule has 6 nitrogen and oxygen atoms in total. The van der Waals surface area contributed by atoms with E-state index in [-0.39, 0.29) is 5.75 Å². The Bertz CT molecular complexity index is 500. The molecule has 0 saturated carbocycles. The van der Waals surface area contributed by atoms with Crippen LogP contribution in [-0.2, 0) is 10.0 Å².